The smallest absolute Gasteiger partial charge is 0.225 e. The van der Waals surface area contributed by atoms with Gasteiger partial charge in [-0.1, -0.05) is 30.3 Å². The predicted molar refractivity (Wildman–Crippen MR) is 113 cm³/mol. The number of benzene rings is 2. The lowest BCUT2D eigenvalue weighted by Gasteiger charge is -2.35. The molecular weight excluding hydrogens is 388 g/mol. The SMILES string of the molecule is CC(CN1CCOCC1)N(CCC(=O)Nc1ccc(F)c(F)c1)Cc1ccccc1. The normalized spacial score (nSPS) is 15.9. The van der Waals surface area contributed by atoms with Gasteiger partial charge in [0, 0.05) is 56.9 Å². The monoisotopic (exact) mass is 417 g/mol. The van der Waals surface area contributed by atoms with Gasteiger partial charge in [0.15, 0.2) is 11.6 Å². The third-order valence-corrected chi connectivity index (χ3v) is 5.31. The largest absolute Gasteiger partial charge is 0.379 e. The van der Waals surface area contributed by atoms with E-state index < -0.39 is 11.6 Å². The molecule has 1 atom stereocenters. The van der Waals surface area contributed by atoms with Crippen LogP contribution in [0, 0.1) is 11.6 Å². The van der Waals surface area contributed by atoms with Gasteiger partial charge in [0.1, 0.15) is 0 Å². The van der Waals surface area contributed by atoms with Crippen molar-refractivity contribution in [1.29, 1.82) is 0 Å². The van der Waals surface area contributed by atoms with Crippen LogP contribution in [0.4, 0.5) is 14.5 Å². The summed E-state index contributed by atoms with van der Waals surface area (Å²) in [6.07, 6.45) is 0.263. The third kappa shape index (κ3) is 6.86. The molecule has 1 aliphatic heterocycles. The summed E-state index contributed by atoms with van der Waals surface area (Å²) in [5.41, 5.74) is 1.45. The van der Waals surface area contributed by atoms with E-state index in [-0.39, 0.29) is 24.1 Å². The highest BCUT2D eigenvalue weighted by molar-refractivity contribution is 5.90. The Balaban J connectivity index is 1.58. The number of anilines is 1. The Bertz CT molecular complexity index is 813. The summed E-state index contributed by atoms with van der Waals surface area (Å²) in [4.78, 5) is 17.1. The van der Waals surface area contributed by atoms with Crippen molar-refractivity contribution in [3.05, 3.63) is 65.7 Å². The van der Waals surface area contributed by atoms with Gasteiger partial charge in [-0.25, -0.2) is 8.78 Å². The van der Waals surface area contributed by atoms with E-state index in [0.29, 0.717) is 6.54 Å². The second-order valence-electron chi connectivity index (χ2n) is 7.65. The van der Waals surface area contributed by atoms with Gasteiger partial charge < -0.3 is 10.1 Å². The van der Waals surface area contributed by atoms with Crippen LogP contribution in [-0.4, -0.2) is 61.1 Å². The Hall–Kier alpha value is -2.35. The van der Waals surface area contributed by atoms with Crippen molar-refractivity contribution >= 4 is 11.6 Å². The van der Waals surface area contributed by atoms with Crippen LogP contribution < -0.4 is 5.32 Å². The van der Waals surface area contributed by atoms with Gasteiger partial charge in [-0.3, -0.25) is 14.6 Å². The van der Waals surface area contributed by atoms with E-state index in [4.69, 9.17) is 4.74 Å². The highest BCUT2D eigenvalue weighted by Gasteiger charge is 2.20. The Morgan fingerprint density at radius 1 is 1.13 bits per heavy atom. The van der Waals surface area contributed by atoms with Crippen molar-refractivity contribution in [3.63, 3.8) is 0 Å². The van der Waals surface area contributed by atoms with Gasteiger partial charge in [-0.15, -0.1) is 0 Å². The molecule has 0 aliphatic carbocycles. The van der Waals surface area contributed by atoms with Crippen molar-refractivity contribution in [2.24, 2.45) is 0 Å². The number of hydrogen-bond acceptors (Lipinski definition) is 4. The summed E-state index contributed by atoms with van der Waals surface area (Å²) in [5, 5.41) is 2.65. The molecule has 1 fully saturated rings. The van der Waals surface area contributed by atoms with E-state index in [2.05, 4.69) is 34.2 Å². The average molecular weight is 418 g/mol. The molecule has 1 aliphatic rings. The van der Waals surface area contributed by atoms with E-state index in [1.54, 1.807) is 0 Å². The van der Waals surface area contributed by atoms with Crippen LogP contribution in [0.25, 0.3) is 0 Å². The highest BCUT2D eigenvalue weighted by atomic mass is 19.2. The van der Waals surface area contributed by atoms with E-state index in [1.165, 1.54) is 11.6 Å². The summed E-state index contributed by atoms with van der Waals surface area (Å²) in [6, 6.07) is 13.8. The standard InChI is InChI=1S/C23H29F2N3O2/c1-18(16-27-11-13-30-14-12-27)28(17-19-5-3-2-4-6-19)10-9-23(29)26-20-7-8-21(24)22(25)15-20/h2-8,15,18H,9-14,16-17H2,1H3,(H,26,29). The van der Waals surface area contributed by atoms with Crippen molar-refractivity contribution < 1.29 is 18.3 Å². The third-order valence-electron chi connectivity index (χ3n) is 5.31. The molecule has 5 nitrogen and oxygen atoms in total. The van der Waals surface area contributed by atoms with Crippen LogP contribution in [0.2, 0.25) is 0 Å². The van der Waals surface area contributed by atoms with Gasteiger partial charge in [-0.05, 0) is 24.6 Å². The first-order chi connectivity index (χ1) is 14.5. The number of halogens is 2. The van der Waals surface area contributed by atoms with Crippen molar-refractivity contribution in [2.45, 2.75) is 25.9 Å². The van der Waals surface area contributed by atoms with Crippen LogP contribution >= 0.6 is 0 Å². The first-order valence-electron chi connectivity index (χ1n) is 10.3. The average Bonchev–Trinajstić information content (AvgIpc) is 2.75. The summed E-state index contributed by atoms with van der Waals surface area (Å²) >= 11 is 0. The summed E-state index contributed by atoms with van der Waals surface area (Å²) in [7, 11) is 0. The number of carbonyl (C=O) groups is 1. The van der Waals surface area contributed by atoms with E-state index in [9.17, 15) is 13.6 Å². The first-order valence-corrected chi connectivity index (χ1v) is 10.3. The molecule has 30 heavy (non-hydrogen) atoms. The zero-order valence-electron chi connectivity index (χ0n) is 17.3. The second-order valence-corrected chi connectivity index (χ2v) is 7.65. The van der Waals surface area contributed by atoms with Gasteiger partial charge in [0.05, 0.1) is 13.2 Å². The molecule has 7 heteroatoms. The minimum Gasteiger partial charge on any atom is -0.379 e. The lowest BCUT2D eigenvalue weighted by atomic mass is 10.1. The molecule has 1 heterocycles. The minimum absolute atomic E-state index is 0.224. The molecule has 1 amide bonds. The minimum atomic E-state index is -0.974. The van der Waals surface area contributed by atoms with Crippen LogP contribution in [0.3, 0.4) is 0 Å². The Morgan fingerprint density at radius 2 is 1.87 bits per heavy atom. The number of carbonyl (C=O) groups excluding carboxylic acids is 1. The van der Waals surface area contributed by atoms with E-state index in [1.807, 2.05) is 18.2 Å². The zero-order chi connectivity index (χ0) is 21.3. The Kier molecular flexibility index (Phi) is 8.30. The number of rotatable bonds is 9. The van der Waals surface area contributed by atoms with Crippen molar-refractivity contribution in [3.8, 4) is 0 Å². The summed E-state index contributed by atoms with van der Waals surface area (Å²) in [6.45, 7) is 7.72. The molecule has 1 N–H and O–H groups in total. The number of ether oxygens (including phenoxy) is 1. The number of morpholine rings is 1. The van der Waals surface area contributed by atoms with Gasteiger partial charge >= 0.3 is 0 Å². The van der Waals surface area contributed by atoms with Crippen LogP contribution in [0.1, 0.15) is 18.9 Å². The molecule has 3 rings (SSSR count). The molecule has 2 aromatic carbocycles. The number of nitrogens with one attached hydrogen (secondary N) is 1. The van der Waals surface area contributed by atoms with Gasteiger partial charge in [-0.2, -0.15) is 0 Å². The van der Waals surface area contributed by atoms with E-state index >= 15 is 0 Å². The van der Waals surface area contributed by atoms with Gasteiger partial charge in [0.2, 0.25) is 5.91 Å². The molecule has 0 radical (unpaired) electrons. The quantitative estimate of drug-likeness (QED) is 0.678. The topological polar surface area (TPSA) is 44.8 Å². The number of amides is 1. The highest BCUT2D eigenvalue weighted by Crippen LogP contribution is 2.15. The second kappa shape index (κ2) is 11.2. The molecule has 1 unspecified atom stereocenters. The number of nitrogens with zero attached hydrogens (tertiary/aromatic N) is 2. The maximum absolute atomic E-state index is 13.4. The fraction of sp³-hybridized carbons (Fsp3) is 0.435. The molecule has 0 spiro atoms. The fourth-order valence-corrected chi connectivity index (χ4v) is 3.59. The number of hydrogen-bond donors (Lipinski definition) is 1. The molecule has 162 valence electrons. The van der Waals surface area contributed by atoms with Crippen molar-refractivity contribution in [2.75, 3.05) is 44.7 Å². The van der Waals surface area contributed by atoms with Crippen LogP contribution in [0.15, 0.2) is 48.5 Å². The fourth-order valence-electron chi connectivity index (χ4n) is 3.59. The zero-order valence-corrected chi connectivity index (χ0v) is 17.3. The van der Waals surface area contributed by atoms with Gasteiger partial charge in [0.25, 0.3) is 0 Å². The maximum atomic E-state index is 13.4. The summed E-state index contributed by atoms with van der Waals surface area (Å²) in [5.74, 6) is -2.13. The van der Waals surface area contributed by atoms with Crippen LogP contribution in [0.5, 0.6) is 0 Å². The van der Waals surface area contributed by atoms with Crippen LogP contribution in [-0.2, 0) is 16.1 Å². The van der Waals surface area contributed by atoms with E-state index in [0.717, 1.165) is 51.5 Å². The molecule has 2 aromatic rings. The van der Waals surface area contributed by atoms with Crippen molar-refractivity contribution in [1.82, 2.24) is 9.80 Å². The lowest BCUT2D eigenvalue weighted by Crippen LogP contribution is -2.46. The molecule has 0 aromatic heterocycles. The predicted octanol–water partition coefficient (Wildman–Crippen LogP) is 3.52. The maximum Gasteiger partial charge on any atom is 0.225 e. The molecule has 0 bridgehead atoms. The summed E-state index contributed by atoms with van der Waals surface area (Å²) < 4.78 is 31.9. The molecule has 1 saturated heterocycles. The Labute approximate surface area is 176 Å². The molecule has 0 saturated carbocycles. The Morgan fingerprint density at radius 3 is 2.57 bits per heavy atom. The molecular formula is C23H29F2N3O2. The lowest BCUT2D eigenvalue weighted by molar-refractivity contribution is -0.116. The first kappa shape index (κ1) is 22.3.